The summed E-state index contributed by atoms with van der Waals surface area (Å²) in [7, 11) is 0. The number of nitrogens with zero attached hydrogens (tertiary/aromatic N) is 2. The van der Waals surface area contributed by atoms with E-state index in [0.717, 1.165) is 5.56 Å². The van der Waals surface area contributed by atoms with E-state index in [-0.39, 0.29) is 18.8 Å². The third-order valence-electron chi connectivity index (χ3n) is 3.80. The molecule has 0 N–H and O–H groups in total. The maximum Gasteiger partial charge on any atom is 0.277 e. The fraction of sp³-hybridized carbons (Fsp3) is 0.294. The van der Waals surface area contributed by atoms with Gasteiger partial charge in [0.1, 0.15) is 0 Å². The van der Waals surface area contributed by atoms with E-state index in [0.29, 0.717) is 23.6 Å². The molecule has 1 amide bonds. The first-order valence-corrected chi connectivity index (χ1v) is 7.64. The first kappa shape index (κ1) is 14.9. The Morgan fingerprint density at radius 2 is 2.12 bits per heavy atom. The number of aromatic nitrogens is 1. The van der Waals surface area contributed by atoms with Gasteiger partial charge in [-0.2, -0.15) is 0 Å². The summed E-state index contributed by atoms with van der Waals surface area (Å²) >= 11 is 0. The number of fused-ring (bicyclic) bond motifs is 1. The largest absolute Gasteiger partial charge is 0.454 e. The molecule has 7 nitrogen and oxygen atoms in total. The van der Waals surface area contributed by atoms with E-state index in [1.54, 1.807) is 36.7 Å². The predicted molar refractivity (Wildman–Crippen MR) is 82.2 cm³/mol. The van der Waals surface area contributed by atoms with Gasteiger partial charge in [-0.25, -0.2) is 9.90 Å². The first-order chi connectivity index (χ1) is 11.7. The molecule has 0 aliphatic carbocycles. The molecule has 124 valence electrons. The second-order valence-electron chi connectivity index (χ2n) is 5.60. The van der Waals surface area contributed by atoms with Crippen molar-refractivity contribution in [3.8, 4) is 11.5 Å². The van der Waals surface area contributed by atoms with E-state index in [1.165, 1.54) is 5.06 Å². The van der Waals surface area contributed by atoms with E-state index >= 15 is 0 Å². The highest BCUT2D eigenvalue weighted by Gasteiger charge is 2.32. The van der Waals surface area contributed by atoms with Gasteiger partial charge in [0.25, 0.3) is 5.91 Å². The Kier molecular flexibility index (Phi) is 3.79. The number of hydroxylamine groups is 2. The quantitative estimate of drug-likeness (QED) is 0.842. The number of carbonyl (C=O) groups excluding carboxylic acids is 1. The number of rotatable bonds is 2. The fourth-order valence-electron chi connectivity index (χ4n) is 2.63. The van der Waals surface area contributed by atoms with Crippen LogP contribution in [0.5, 0.6) is 11.5 Å². The van der Waals surface area contributed by atoms with Crippen molar-refractivity contribution in [2.75, 3.05) is 13.3 Å². The lowest BCUT2D eigenvalue weighted by Crippen LogP contribution is -2.44. The van der Waals surface area contributed by atoms with E-state index in [1.807, 2.05) is 13.0 Å². The smallest absolute Gasteiger partial charge is 0.277 e. The van der Waals surface area contributed by atoms with Gasteiger partial charge in [0.05, 0.1) is 12.6 Å². The van der Waals surface area contributed by atoms with Gasteiger partial charge < -0.3 is 14.2 Å². The third kappa shape index (κ3) is 2.79. The molecule has 1 fully saturated rings. The van der Waals surface area contributed by atoms with Crippen LogP contribution in [0.15, 0.2) is 42.7 Å². The van der Waals surface area contributed by atoms with Gasteiger partial charge >= 0.3 is 0 Å². The average molecular weight is 328 g/mol. The van der Waals surface area contributed by atoms with Crippen LogP contribution in [0.25, 0.3) is 0 Å². The Bertz CT molecular complexity index is 752. The van der Waals surface area contributed by atoms with Crippen LogP contribution in [0.3, 0.4) is 0 Å². The van der Waals surface area contributed by atoms with Crippen LogP contribution in [0.2, 0.25) is 0 Å². The fourth-order valence-corrected chi connectivity index (χ4v) is 2.63. The molecule has 0 saturated carbocycles. The number of carbonyl (C=O) groups is 1. The molecule has 1 aromatic carbocycles. The summed E-state index contributed by atoms with van der Waals surface area (Å²) in [5.41, 5.74) is 1.23. The number of hydrogen-bond donors (Lipinski definition) is 0. The Hall–Kier alpha value is -2.64. The molecule has 0 unspecified atom stereocenters. The molecular formula is C17H16N2O5. The molecule has 2 aliphatic heterocycles. The lowest BCUT2D eigenvalue weighted by Gasteiger charge is -2.35. The maximum absolute atomic E-state index is 12.8. The van der Waals surface area contributed by atoms with Crippen molar-refractivity contribution in [1.82, 2.24) is 10.0 Å². The van der Waals surface area contributed by atoms with Crippen LogP contribution in [-0.4, -0.2) is 35.4 Å². The van der Waals surface area contributed by atoms with Crippen molar-refractivity contribution in [3.05, 3.63) is 53.9 Å². The number of benzene rings is 1. The molecule has 0 bridgehead atoms. The highest BCUT2D eigenvalue weighted by atomic mass is 16.8. The average Bonchev–Trinajstić information content (AvgIpc) is 3.09. The van der Waals surface area contributed by atoms with Gasteiger partial charge in [-0.3, -0.25) is 9.78 Å². The van der Waals surface area contributed by atoms with E-state index < -0.39 is 6.29 Å². The van der Waals surface area contributed by atoms with Crippen molar-refractivity contribution in [1.29, 1.82) is 0 Å². The zero-order valence-electron chi connectivity index (χ0n) is 13.0. The van der Waals surface area contributed by atoms with Gasteiger partial charge in [-0.05, 0) is 31.2 Å². The summed E-state index contributed by atoms with van der Waals surface area (Å²) in [6.07, 6.45) is 2.50. The van der Waals surface area contributed by atoms with Crippen LogP contribution < -0.4 is 9.47 Å². The molecule has 3 heterocycles. The van der Waals surface area contributed by atoms with Crippen molar-refractivity contribution in [3.63, 3.8) is 0 Å². The van der Waals surface area contributed by atoms with Crippen molar-refractivity contribution >= 4 is 5.91 Å². The van der Waals surface area contributed by atoms with Gasteiger partial charge in [0, 0.05) is 23.5 Å². The normalized spacial score (nSPS) is 22.5. The predicted octanol–water partition coefficient (Wildman–Crippen LogP) is 2.30. The Morgan fingerprint density at radius 3 is 2.96 bits per heavy atom. The van der Waals surface area contributed by atoms with Gasteiger partial charge in [-0.1, -0.05) is 6.07 Å². The summed E-state index contributed by atoms with van der Waals surface area (Å²) in [5, 5.41) is 1.32. The van der Waals surface area contributed by atoms with Crippen LogP contribution in [0.4, 0.5) is 0 Å². The Morgan fingerprint density at radius 1 is 1.25 bits per heavy atom. The summed E-state index contributed by atoms with van der Waals surface area (Å²) in [6, 6.07) is 8.72. The molecule has 7 heteroatoms. The Labute approximate surface area is 138 Å². The van der Waals surface area contributed by atoms with Crippen LogP contribution in [0.1, 0.15) is 29.1 Å². The minimum absolute atomic E-state index is 0.165. The van der Waals surface area contributed by atoms with E-state index in [9.17, 15) is 4.79 Å². The number of hydrogen-bond acceptors (Lipinski definition) is 6. The second-order valence-corrected chi connectivity index (χ2v) is 5.60. The molecule has 2 aromatic rings. The molecule has 2 aliphatic rings. The molecule has 2 atom stereocenters. The van der Waals surface area contributed by atoms with Gasteiger partial charge in [0.2, 0.25) is 13.1 Å². The minimum atomic E-state index is -0.666. The van der Waals surface area contributed by atoms with Crippen molar-refractivity contribution < 1.29 is 23.8 Å². The molecular weight excluding hydrogens is 312 g/mol. The van der Waals surface area contributed by atoms with E-state index in [4.69, 9.17) is 19.0 Å². The third-order valence-corrected chi connectivity index (χ3v) is 3.80. The SMILES string of the molecule is C[C@H]1CN(C(=O)c2ccc3c(c2)OCO3)O[C@H](c2cccnc2)O1. The number of pyridine rings is 1. The van der Waals surface area contributed by atoms with E-state index in [2.05, 4.69) is 4.98 Å². The van der Waals surface area contributed by atoms with Gasteiger partial charge in [-0.15, -0.1) is 0 Å². The molecule has 24 heavy (non-hydrogen) atoms. The van der Waals surface area contributed by atoms with Crippen molar-refractivity contribution in [2.45, 2.75) is 19.3 Å². The number of amides is 1. The highest BCUT2D eigenvalue weighted by molar-refractivity contribution is 5.94. The lowest BCUT2D eigenvalue weighted by molar-refractivity contribution is -0.320. The maximum atomic E-state index is 12.8. The number of ether oxygens (including phenoxy) is 3. The summed E-state index contributed by atoms with van der Waals surface area (Å²) in [5.74, 6) is 0.944. The van der Waals surface area contributed by atoms with Gasteiger partial charge in [0.15, 0.2) is 11.5 Å². The van der Waals surface area contributed by atoms with Crippen LogP contribution >= 0.6 is 0 Å². The second kappa shape index (κ2) is 6.10. The summed E-state index contributed by atoms with van der Waals surface area (Å²) < 4.78 is 16.3. The monoisotopic (exact) mass is 328 g/mol. The summed E-state index contributed by atoms with van der Waals surface area (Å²) in [6.45, 7) is 2.40. The highest BCUT2D eigenvalue weighted by Crippen LogP contribution is 2.33. The zero-order valence-corrected chi connectivity index (χ0v) is 13.0. The topological polar surface area (TPSA) is 70.1 Å². The lowest BCUT2D eigenvalue weighted by atomic mass is 10.2. The molecule has 1 aromatic heterocycles. The standard InChI is InChI=1S/C17H16N2O5/c1-11-9-19(24-17(23-11)13-3-2-6-18-8-13)16(20)12-4-5-14-15(7-12)22-10-21-14/h2-8,11,17H,9-10H2,1H3/t11-,17+/m0/s1. The Balaban J connectivity index is 1.55. The summed E-state index contributed by atoms with van der Waals surface area (Å²) in [4.78, 5) is 22.5. The van der Waals surface area contributed by atoms with Crippen molar-refractivity contribution in [2.24, 2.45) is 0 Å². The molecule has 1 saturated heterocycles. The van der Waals surface area contributed by atoms with Crippen LogP contribution in [-0.2, 0) is 9.57 Å². The molecule has 4 rings (SSSR count). The first-order valence-electron chi connectivity index (χ1n) is 7.64. The minimum Gasteiger partial charge on any atom is -0.454 e. The zero-order chi connectivity index (χ0) is 16.5. The molecule has 0 spiro atoms. The molecule has 0 radical (unpaired) electrons. The van der Waals surface area contributed by atoms with Crippen LogP contribution in [0, 0.1) is 0 Å².